The molecule has 1 aliphatic carbocycles. The van der Waals surface area contributed by atoms with E-state index in [2.05, 4.69) is 0 Å². The fraction of sp³-hybridized carbons (Fsp3) is 0.304. The zero-order valence-electron chi connectivity index (χ0n) is 16.0. The third-order valence-electron chi connectivity index (χ3n) is 5.06. The van der Waals surface area contributed by atoms with E-state index < -0.39 is 5.97 Å². The molecule has 1 saturated carbocycles. The first-order valence-corrected chi connectivity index (χ1v) is 9.25. The van der Waals surface area contributed by atoms with Crippen LogP contribution >= 0.6 is 0 Å². The highest BCUT2D eigenvalue weighted by Gasteiger charge is 2.61. The number of hydrogen-bond donors (Lipinski definition) is 1. The van der Waals surface area contributed by atoms with Crippen LogP contribution in [0, 0.1) is 17.3 Å². The predicted molar refractivity (Wildman–Crippen MR) is 105 cm³/mol. The van der Waals surface area contributed by atoms with Gasteiger partial charge in [0.2, 0.25) is 0 Å². The Kier molecular flexibility index (Phi) is 5.83. The highest BCUT2D eigenvalue weighted by atomic mass is 16.5. The molecular weight excluding hydrogens is 356 g/mol. The van der Waals surface area contributed by atoms with Crippen LogP contribution in [-0.4, -0.2) is 17.0 Å². The number of aliphatic carboxylic acids is 1. The lowest BCUT2D eigenvalue weighted by molar-refractivity contribution is -0.147. The van der Waals surface area contributed by atoms with Gasteiger partial charge in [-0.15, -0.1) is 0 Å². The van der Waals surface area contributed by atoms with Crippen LogP contribution < -0.4 is 4.74 Å². The summed E-state index contributed by atoms with van der Waals surface area (Å²) in [7, 11) is 0. The second kappa shape index (κ2) is 8.30. The number of para-hydroxylation sites is 1. The number of benzene rings is 2. The number of carboxylic acid groups (broad SMARTS) is 1. The van der Waals surface area contributed by atoms with Gasteiger partial charge in [-0.3, -0.25) is 9.59 Å². The van der Waals surface area contributed by atoms with E-state index in [9.17, 15) is 9.59 Å². The molecule has 0 aromatic heterocycles. The molecule has 1 N–H and O–H groups in total. The molecule has 0 amide bonds. The van der Waals surface area contributed by atoms with Crippen molar-refractivity contribution < 1.29 is 24.2 Å². The first-order valence-electron chi connectivity index (χ1n) is 9.25. The van der Waals surface area contributed by atoms with Crippen molar-refractivity contribution in [1.29, 1.82) is 0 Å². The highest BCUT2D eigenvalue weighted by Crippen LogP contribution is 2.59. The van der Waals surface area contributed by atoms with E-state index in [1.54, 1.807) is 6.08 Å². The van der Waals surface area contributed by atoms with E-state index in [0.29, 0.717) is 5.75 Å². The number of carbonyl (C=O) groups is 2. The van der Waals surface area contributed by atoms with Crippen molar-refractivity contribution in [3.05, 3.63) is 72.3 Å². The van der Waals surface area contributed by atoms with Crippen molar-refractivity contribution in [1.82, 2.24) is 0 Å². The molecule has 2 atom stereocenters. The molecule has 146 valence electrons. The fourth-order valence-corrected chi connectivity index (χ4v) is 3.37. The van der Waals surface area contributed by atoms with Crippen molar-refractivity contribution in [2.24, 2.45) is 17.3 Å². The maximum Gasteiger partial charge on any atom is 0.310 e. The third kappa shape index (κ3) is 4.80. The molecule has 5 nitrogen and oxygen atoms in total. The van der Waals surface area contributed by atoms with Gasteiger partial charge in [-0.25, -0.2) is 0 Å². The number of rotatable bonds is 8. The third-order valence-corrected chi connectivity index (χ3v) is 5.06. The molecule has 0 radical (unpaired) electrons. The minimum atomic E-state index is -0.883. The molecule has 0 bridgehead atoms. The predicted octanol–water partition coefficient (Wildman–Crippen LogP) is 4.83. The van der Waals surface area contributed by atoms with Gasteiger partial charge in [0, 0.05) is 0 Å². The minimum absolute atomic E-state index is 0.00657. The summed E-state index contributed by atoms with van der Waals surface area (Å²) in [4.78, 5) is 23.1. The van der Waals surface area contributed by atoms with E-state index >= 15 is 0 Å². The molecule has 1 aliphatic rings. The summed E-state index contributed by atoms with van der Waals surface area (Å²) in [5, 5.41) is 8.72. The quantitative estimate of drug-likeness (QED) is 0.525. The number of ether oxygens (including phenoxy) is 2. The Balaban J connectivity index is 1.55. The Hall–Kier alpha value is -3.08. The summed E-state index contributed by atoms with van der Waals surface area (Å²) in [5.74, 6) is 0.0394. The highest BCUT2D eigenvalue weighted by molar-refractivity contribution is 5.78. The van der Waals surface area contributed by atoms with Gasteiger partial charge in [-0.2, -0.15) is 0 Å². The zero-order chi connectivity index (χ0) is 20.1. The van der Waals surface area contributed by atoms with Gasteiger partial charge in [0.25, 0.3) is 0 Å². The van der Waals surface area contributed by atoms with Crippen LogP contribution in [0.4, 0.5) is 0 Å². The van der Waals surface area contributed by atoms with Crippen LogP contribution in [0.25, 0.3) is 0 Å². The SMILES string of the molecule is CC1(C)C(C=CCC(=O)O)C1C(=O)OCc1cccc(Oc2ccccc2)c1. The standard InChI is InChI=1S/C23H24O5/c1-23(2)19(12-7-13-20(24)25)21(23)22(26)27-15-16-8-6-11-18(14-16)28-17-9-4-3-5-10-17/h3-12,14,19,21H,13,15H2,1-2H3,(H,24,25). The molecule has 1 fully saturated rings. The maximum absolute atomic E-state index is 12.5. The summed E-state index contributed by atoms with van der Waals surface area (Å²) in [6.07, 6.45) is 3.38. The van der Waals surface area contributed by atoms with Crippen LogP contribution in [0.3, 0.4) is 0 Å². The van der Waals surface area contributed by atoms with E-state index in [0.717, 1.165) is 11.3 Å². The summed E-state index contributed by atoms with van der Waals surface area (Å²) in [5.41, 5.74) is 0.628. The Bertz CT molecular complexity index is 870. The summed E-state index contributed by atoms with van der Waals surface area (Å²) in [6, 6.07) is 16.9. The van der Waals surface area contributed by atoms with E-state index in [1.807, 2.05) is 74.5 Å². The average Bonchev–Trinajstić information content (AvgIpc) is 3.21. The minimum Gasteiger partial charge on any atom is -0.481 e. The molecule has 0 saturated heterocycles. The van der Waals surface area contributed by atoms with Gasteiger partial charge in [0.05, 0.1) is 12.3 Å². The van der Waals surface area contributed by atoms with Gasteiger partial charge in [0.15, 0.2) is 0 Å². The largest absolute Gasteiger partial charge is 0.481 e. The molecule has 2 unspecified atom stereocenters. The molecule has 0 spiro atoms. The molecule has 0 heterocycles. The number of allylic oxidation sites excluding steroid dienone is 1. The lowest BCUT2D eigenvalue weighted by atomic mass is 10.1. The van der Waals surface area contributed by atoms with Crippen LogP contribution in [0.5, 0.6) is 11.5 Å². The summed E-state index contributed by atoms with van der Waals surface area (Å²) < 4.78 is 11.3. The Morgan fingerprint density at radius 2 is 1.79 bits per heavy atom. The number of carbonyl (C=O) groups excluding carboxylic acids is 1. The van der Waals surface area contributed by atoms with E-state index in [4.69, 9.17) is 14.6 Å². The molecule has 5 heteroatoms. The van der Waals surface area contributed by atoms with Crippen molar-refractivity contribution in [3.63, 3.8) is 0 Å². The summed E-state index contributed by atoms with van der Waals surface area (Å²) >= 11 is 0. The molecule has 28 heavy (non-hydrogen) atoms. The average molecular weight is 380 g/mol. The maximum atomic E-state index is 12.5. The molecule has 2 aromatic carbocycles. The van der Waals surface area contributed by atoms with Crippen LogP contribution in [-0.2, 0) is 20.9 Å². The van der Waals surface area contributed by atoms with E-state index in [1.165, 1.54) is 0 Å². The lowest BCUT2D eigenvalue weighted by Crippen LogP contribution is -2.10. The molecule has 3 rings (SSSR count). The molecule has 2 aromatic rings. The monoisotopic (exact) mass is 380 g/mol. The van der Waals surface area contributed by atoms with Crippen LogP contribution in [0.15, 0.2) is 66.7 Å². The van der Waals surface area contributed by atoms with Gasteiger partial charge in [-0.05, 0) is 41.2 Å². The van der Waals surface area contributed by atoms with Crippen molar-refractivity contribution in [2.45, 2.75) is 26.9 Å². The van der Waals surface area contributed by atoms with Gasteiger partial charge >= 0.3 is 11.9 Å². The number of esters is 1. The first-order chi connectivity index (χ1) is 13.4. The number of carboxylic acids is 1. The van der Waals surface area contributed by atoms with Crippen molar-refractivity contribution in [2.75, 3.05) is 0 Å². The second-order valence-corrected chi connectivity index (χ2v) is 7.52. The second-order valence-electron chi connectivity index (χ2n) is 7.52. The Labute approximate surface area is 164 Å². The Morgan fingerprint density at radius 3 is 2.50 bits per heavy atom. The lowest BCUT2D eigenvalue weighted by Gasteiger charge is -2.09. The van der Waals surface area contributed by atoms with Gasteiger partial charge in [0.1, 0.15) is 18.1 Å². The topological polar surface area (TPSA) is 72.8 Å². The fourth-order valence-electron chi connectivity index (χ4n) is 3.37. The summed E-state index contributed by atoms with van der Waals surface area (Å²) in [6.45, 7) is 4.15. The van der Waals surface area contributed by atoms with Crippen LogP contribution in [0.2, 0.25) is 0 Å². The zero-order valence-corrected chi connectivity index (χ0v) is 16.0. The number of hydrogen-bond acceptors (Lipinski definition) is 4. The van der Waals surface area contributed by atoms with E-state index in [-0.39, 0.29) is 36.2 Å². The smallest absolute Gasteiger partial charge is 0.310 e. The van der Waals surface area contributed by atoms with Crippen molar-refractivity contribution >= 4 is 11.9 Å². The Morgan fingerprint density at radius 1 is 1.07 bits per heavy atom. The van der Waals surface area contributed by atoms with Gasteiger partial charge < -0.3 is 14.6 Å². The van der Waals surface area contributed by atoms with Crippen molar-refractivity contribution in [3.8, 4) is 11.5 Å². The molecular formula is C23H24O5. The van der Waals surface area contributed by atoms with Gasteiger partial charge in [-0.1, -0.05) is 56.3 Å². The normalized spacial score (nSPS) is 19.9. The first kappa shape index (κ1) is 19.7. The van der Waals surface area contributed by atoms with Crippen LogP contribution in [0.1, 0.15) is 25.8 Å². The molecule has 0 aliphatic heterocycles.